The SMILES string of the molecule is COc1cccc(-c2nccc3ccn(CC(=O)N[C@@H]4CCC[C@H]4O)c23)c1. The molecule has 1 aromatic carbocycles. The minimum Gasteiger partial charge on any atom is -0.497 e. The summed E-state index contributed by atoms with van der Waals surface area (Å²) in [5.74, 6) is 0.663. The maximum absolute atomic E-state index is 12.5. The molecule has 6 nitrogen and oxygen atoms in total. The standard InChI is InChI=1S/C21H23N3O3/c1-27-16-5-2-4-15(12-16)20-21-14(8-10-22-20)9-11-24(21)13-19(26)23-17-6-3-7-18(17)25/h2,4-5,8-12,17-18,25H,3,6-7,13H2,1H3,(H,23,26)/t17-,18-/m1/s1. The lowest BCUT2D eigenvalue weighted by atomic mass is 10.1. The van der Waals surface area contributed by atoms with Crippen molar-refractivity contribution in [1.29, 1.82) is 0 Å². The predicted octanol–water partition coefficient (Wildman–Crippen LogP) is 2.74. The van der Waals surface area contributed by atoms with Crippen molar-refractivity contribution < 1.29 is 14.6 Å². The van der Waals surface area contributed by atoms with Gasteiger partial charge in [-0.15, -0.1) is 0 Å². The van der Waals surface area contributed by atoms with Crippen LogP contribution in [0.2, 0.25) is 0 Å². The quantitative estimate of drug-likeness (QED) is 0.729. The molecule has 2 heterocycles. The molecule has 4 rings (SSSR count). The van der Waals surface area contributed by atoms with Gasteiger partial charge in [-0.1, -0.05) is 12.1 Å². The van der Waals surface area contributed by atoms with Gasteiger partial charge >= 0.3 is 0 Å². The number of benzene rings is 1. The summed E-state index contributed by atoms with van der Waals surface area (Å²) >= 11 is 0. The first kappa shape index (κ1) is 17.5. The van der Waals surface area contributed by atoms with E-state index in [4.69, 9.17) is 4.74 Å². The van der Waals surface area contributed by atoms with Crippen LogP contribution in [-0.4, -0.2) is 39.8 Å². The number of aromatic nitrogens is 2. The van der Waals surface area contributed by atoms with Gasteiger partial charge in [0.1, 0.15) is 12.3 Å². The second-order valence-electron chi connectivity index (χ2n) is 6.95. The topological polar surface area (TPSA) is 76.4 Å². The van der Waals surface area contributed by atoms with E-state index in [-0.39, 0.29) is 18.5 Å². The van der Waals surface area contributed by atoms with Crippen molar-refractivity contribution in [2.75, 3.05) is 7.11 Å². The molecule has 1 amide bonds. The molecule has 0 saturated heterocycles. The van der Waals surface area contributed by atoms with Crippen LogP contribution in [0.1, 0.15) is 19.3 Å². The Balaban J connectivity index is 1.65. The summed E-state index contributed by atoms with van der Waals surface area (Å²) in [5.41, 5.74) is 2.66. The minimum atomic E-state index is -0.440. The number of aliphatic hydroxyl groups excluding tert-OH is 1. The Morgan fingerprint density at radius 2 is 2.22 bits per heavy atom. The molecule has 27 heavy (non-hydrogen) atoms. The lowest BCUT2D eigenvalue weighted by Gasteiger charge is -2.17. The summed E-state index contributed by atoms with van der Waals surface area (Å²) in [7, 11) is 1.64. The Kier molecular flexibility index (Phi) is 4.81. The molecule has 1 fully saturated rings. The van der Waals surface area contributed by atoms with Crippen LogP contribution >= 0.6 is 0 Å². The van der Waals surface area contributed by atoms with E-state index in [1.807, 2.05) is 47.2 Å². The molecule has 1 saturated carbocycles. The van der Waals surface area contributed by atoms with Gasteiger partial charge in [0.25, 0.3) is 0 Å². The van der Waals surface area contributed by atoms with Gasteiger partial charge in [0.05, 0.1) is 30.5 Å². The van der Waals surface area contributed by atoms with E-state index in [2.05, 4.69) is 10.3 Å². The number of hydrogen-bond acceptors (Lipinski definition) is 4. The summed E-state index contributed by atoms with van der Waals surface area (Å²) in [6, 6.07) is 11.5. The van der Waals surface area contributed by atoms with Gasteiger partial charge in [-0.05, 0) is 43.5 Å². The second-order valence-corrected chi connectivity index (χ2v) is 6.95. The van der Waals surface area contributed by atoms with Crippen LogP contribution in [0, 0.1) is 0 Å². The zero-order valence-corrected chi connectivity index (χ0v) is 15.3. The molecule has 1 aliphatic rings. The molecule has 2 N–H and O–H groups in total. The van der Waals surface area contributed by atoms with Gasteiger partial charge in [-0.2, -0.15) is 0 Å². The normalized spacial score (nSPS) is 19.3. The monoisotopic (exact) mass is 365 g/mol. The van der Waals surface area contributed by atoms with Gasteiger partial charge in [-0.3, -0.25) is 9.78 Å². The van der Waals surface area contributed by atoms with E-state index in [1.165, 1.54) is 0 Å². The van der Waals surface area contributed by atoms with E-state index in [0.29, 0.717) is 0 Å². The fraction of sp³-hybridized carbons (Fsp3) is 0.333. The lowest BCUT2D eigenvalue weighted by Crippen LogP contribution is -2.41. The van der Waals surface area contributed by atoms with Gasteiger partial charge in [0.2, 0.25) is 5.91 Å². The molecule has 1 aliphatic carbocycles. The van der Waals surface area contributed by atoms with E-state index in [0.717, 1.165) is 47.2 Å². The molecule has 140 valence electrons. The lowest BCUT2D eigenvalue weighted by molar-refractivity contribution is -0.122. The van der Waals surface area contributed by atoms with Gasteiger partial charge in [-0.25, -0.2) is 0 Å². The maximum atomic E-state index is 12.5. The first-order valence-electron chi connectivity index (χ1n) is 9.21. The number of hydrogen-bond donors (Lipinski definition) is 2. The molecule has 3 aromatic rings. The highest BCUT2D eigenvalue weighted by Crippen LogP contribution is 2.29. The first-order chi connectivity index (χ1) is 13.2. The maximum Gasteiger partial charge on any atom is 0.240 e. The van der Waals surface area contributed by atoms with Crippen LogP contribution in [-0.2, 0) is 11.3 Å². The van der Waals surface area contributed by atoms with Crippen LogP contribution in [0.15, 0.2) is 48.8 Å². The third-order valence-electron chi connectivity index (χ3n) is 5.16. The molecule has 0 aliphatic heterocycles. The average Bonchev–Trinajstić information content (AvgIpc) is 3.28. The van der Waals surface area contributed by atoms with Crippen molar-refractivity contribution in [3.8, 4) is 17.0 Å². The number of nitrogens with zero attached hydrogens (tertiary/aromatic N) is 2. The van der Waals surface area contributed by atoms with Crippen LogP contribution < -0.4 is 10.1 Å². The summed E-state index contributed by atoms with van der Waals surface area (Å²) < 4.78 is 7.24. The van der Waals surface area contributed by atoms with Crippen LogP contribution in [0.3, 0.4) is 0 Å². The number of carbonyl (C=O) groups excluding carboxylic acids is 1. The zero-order valence-electron chi connectivity index (χ0n) is 15.3. The highest BCUT2D eigenvalue weighted by molar-refractivity contribution is 5.93. The van der Waals surface area contributed by atoms with Gasteiger partial charge in [0.15, 0.2) is 0 Å². The highest BCUT2D eigenvalue weighted by Gasteiger charge is 2.26. The second kappa shape index (κ2) is 7.40. The molecule has 2 atom stereocenters. The molecule has 6 heteroatoms. The van der Waals surface area contributed by atoms with Crippen molar-refractivity contribution in [3.05, 3.63) is 48.8 Å². The van der Waals surface area contributed by atoms with Crippen LogP contribution in [0.4, 0.5) is 0 Å². The summed E-state index contributed by atoms with van der Waals surface area (Å²) in [4.78, 5) is 17.1. The highest BCUT2D eigenvalue weighted by atomic mass is 16.5. The fourth-order valence-electron chi connectivity index (χ4n) is 3.78. The molecule has 0 spiro atoms. The van der Waals surface area contributed by atoms with Crippen molar-refractivity contribution in [1.82, 2.24) is 14.9 Å². The number of methoxy groups -OCH3 is 1. The Morgan fingerprint density at radius 3 is 3.00 bits per heavy atom. The number of aliphatic hydroxyl groups is 1. The van der Waals surface area contributed by atoms with Crippen LogP contribution in [0.25, 0.3) is 22.2 Å². The molecule has 0 radical (unpaired) electrons. The Hall–Kier alpha value is -2.86. The molecular formula is C21H23N3O3. The van der Waals surface area contributed by atoms with E-state index in [1.54, 1.807) is 13.3 Å². The van der Waals surface area contributed by atoms with E-state index in [9.17, 15) is 9.90 Å². The average molecular weight is 365 g/mol. The van der Waals surface area contributed by atoms with Gasteiger partial charge in [0, 0.05) is 23.3 Å². The van der Waals surface area contributed by atoms with Crippen molar-refractivity contribution >= 4 is 16.8 Å². The molecule has 0 bridgehead atoms. The Morgan fingerprint density at radius 1 is 1.33 bits per heavy atom. The largest absolute Gasteiger partial charge is 0.497 e. The number of nitrogens with one attached hydrogen (secondary N) is 1. The minimum absolute atomic E-state index is 0.0982. The predicted molar refractivity (Wildman–Crippen MR) is 104 cm³/mol. The first-order valence-corrected chi connectivity index (χ1v) is 9.21. The number of amides is 1. The smallest absolute Gasteiger partial charge is 0.240 e. The number of carbonyl (C=O) groups is 1. The molecule has 0 unspecified atom stereocenters. The summed E-state index contributed by atoms with van der Waals surface area (Å²) in [6.07, 6.45) is 5.76. The summed E-state index contributed by atoms with van der Waals surface area (Å²) in [6.45, 7) is 0.190. The van der Waals surface area contributed by atoms with Crippen molar-refractivity contribution in [3.63, 3.8) is 0 Å². The Labute approximate surface area is 157 Å². The van der Waals surface area contributed by atoms with Crippen molar-refractivity contribution in [2.24, 2.45) is 0 Å². The van der Waals surface area contributed by atoms with Crippen molar-refractivity contribution in [2.45, 2.75) is 38.0 Å². The number of ether oxygens (including phenoxy) is 1. The van der Waals surface area contributed by atoms with E-state index >= 15 is 0 Å². The third-order valence-corrected chi connectivity index (χ3v) is 5.16. The van der Waals surface area contributed by atoms with E-state index < -0.39 is 6.10 Å². The number of rotatable bonds is 5. The Bertz CT molecular complexity index is 966. The fourth-order valence-corrected chi connectivity index (χ4v) is 3.78. The number of fused-ring (bicyclic) bond motifs is 1. The molecule has 2 aromatic heterocycles. The zero-order chi connectivity index (χ0) is 18.8. The molecular weight excluding hydrogens is 342 g/mol. The van der Waals surface area contributed by atoms with Crippen LogP contribution in [0.5, 0.6) is 5.75 Å². The van der Waals surface area contributed by atoms with Gasteiger partial charge < -0.3 is 19.7 Å². The summed E-state index contributed by atoms with van der Waals surface area (Å²) in [5, 5.41) is 13.9. The number of pyridine rings is 1. The third kappa shape index (κ3) is 3.53.